The molecule has 1 aliphatic heterocycles. The van der Waals surface area contributed by atoms with Crippen molar-refractivity contribution >= 4 is 11.7 Å². The zero-order chi connectivity index (χ0) is 20.8. The summed E-state index contributed by atoms with van der Waals surface area (Å²) < 4.78 is 18.3. The van der Waals surface area contributed by atoms with Crippen LogP contribution >= 0.6 is 0 Å². The van der Waals surface area contributed by atoms with E-state index in [0.29, 0.717) is 43.7 Å². The zero-order valence-corrected chi connectivity index (χ0v) is 16.9. The van der Waals surface area contributed by atoms with Crippen LogP contribution in [0.15, 0.2) is 48.5 Å². The molecule has 0 spiro atoms. The number of likely N-dealkylation sites (N-methyl/N-ethyl adjacent to an activating group) is 1. The second-order valence-corrected chi connectivity index (χ2v) is 7.39. The Morgan fingerprint density at radius 2 is 1.72 bits per heavy atom. The first kappa shape index (κ1) is 21.0. The molecule has 0 bridgehead atoms. The Kier molecular flexibility index (Phi) is 6.99. The predicted molar refractivity (Wildman–Crippen MR) is 110 cm³/mol. The van der Waals surface area contributed by atoms with Crippen LogP contribution in [-0.4, -0.2) is 55.3 Å². The van der Waals surface area contributed by atoms with Gasteiger partial charge in [-0.1, -0.05) is 12.1 Å². The number of hydrogen-bond acceptors (Lipinski definition) is 4. The number of carbonyl (C=O) groups is 2. The smallest absolute Gasteiger partial charge is 0.222 e. The highest BCUT2D eigenvalue weighted by atomic mass is 19.1. The molecule has 1 saturated heterocycles. The maximum Gasteiger partial charge on any atom is 0.222 e. The lowest BCUT2D eigenvalue weighted by Gasteiger charge is -2.39. The number of piperazine rings is 1. The SMILES string of the molecule is COc1ccc(C(=O)CCCC(=O)N2CCN(C)C(c3ccc(F)cc3)C2)cc1. The lowest BCUT2D eigenvalue weighted by atomic mass is 10.0. The maximum absolute atomic E-state index is 13.2. The third-order valence-electron chi connectivity index (χ3n) is 5.46. The van der Waals surface area contributed by atoms with Crippen LogP contribution in [0.5, 0.6) is 5.75 Å². The number of methoxy groups -OCH3 is 1. The Bertz CT molecular complexity index is 836. The van der Waals surface area contributed by atoms with Crippen molar-refractivity contribution in [2.75, 3.05) is 33.8 Å². The van der Waals surface area contributed by atoms with Gasteiger partial charge in [0.05, 0.1) is 13.2 Å². The molecule has 2 aromatic rings. The molecule has 0 N–H and O–H groups in total. The van der Waals surface area contributed by atoms with E-state index in [0.717, 1.165) is 12.1 Å². The van der Waals surface area contributed by atoms with Crippen molar-refractivity contribution in [1.82, 2.24) is 9.80 Å². The lowest BCUT2D eigenvalue weighted by molar-refractivity contribution is -0.134. The molecule has 0 radical (unpaired) electrons. The minimum Gasteiger partial charge on any atom is -0.497 e. The average molecular weight is 398 g/mol. The van der Waals surface area contributed by atoms with Crippen LogP contribution in [-0.2, 0) is 4.79 Å². The van der Waals surface area contributed by atoms with Gasteiger partial charge in [0.25, 0.3) is 0 Å². The molecule has 1 unspecified atom stereocenters. The first-order chi connectivity index (χ1) is 14.0. The number of Topliss-reactive ketones (excluding diaryl/α,β-unsaturated/α-hetero) is 1. The molecule has 1 amide bonds. The van der Waals surface area contributed by atoms with Gasteiger partial charge in [0.1, 0.15) is 11.6 Å². The summed E-state index contributed by atoms with van der Waals surface area (Å²) in [5.41, 5.74) is 1.63. The Labute approximate surface area is 171 Å². The van der Waals surface area contributed by atoms with E-state index in [1.165, 1.54) is 12.1 Å². The quantitative estimate of drug-likeness (QED) is 0.668. The molecule has 0 aliphatic carbocycles. The number of hydrogen-bond donors (Lipinski definition) is 0. The number of carbonyl (C=O) groups excluding carboxylic acids is 2. The van der Waals surface area contributed by atoms with Crippen molar-refractivity contribution in [3.05, 3.63) is 65.5 Å². The molecule has 29 heavy (non-hydrogen) atoms. The van der Waals surface area contributed by atoms with Crippen LogP contribution in [0.25, 0.3) is 0 Å². The van der Waals surface area contributed by atoms with Crippen molar-refractivity contribution in [3.8, 4) is 5.75 Å². The summed E-state index contributed by atoms with van der Waals surface area (Å²) >= 11 is 0. The topological polar surface area (TPSA) is 49.9 Å². The highest BCUT2D eigenvalue weighted by Crippen LogP contribution is 2.25. The van der Waals surface area contributed by atoms with E-state index >= 15 is 0 Å². The molecule has 1 fully saturated rings. The Balaban J connectivity index is 1.50. The Morgan fingerprint density at radius 3 is 2.38 bits per heavy atom. The number of amides is 1. The van der Waals surface area contributed by atoms with Crippen molar-refractivity contribution in [1.29, 1.82) is 0 Å². The van der Waals surface area contributed by atoms with E-state index in [1.54, 1.807) is 43.5 Å². The Hall–Kier alpha value is -2.73. The van der Waals surface area contributed by atoms with Gasteiger partial charge < -0.3 is 9.64 Å². The van der Waals surface area contributed by atoms with Gasteiger partial charge in [0, 0.05) is 38.0 Å². The molecule has 0 aromatic heterocycles. The third kappa shape index (κ3) is 5.41. The molecule has 1 heterocycles. The van der Waals surface area contributed by atoms with Crippen LogP contribution in [0, 0.1) is 5.82 Å². The number of ketones is 1. The predicted octanol–water partition coefficient (Wildman–Crippen LogP) is 3.70. The van der Waals surface area contributed by atoms with Gasteiger partial charge in [-0.05, 0) is 55.4 Å². The number of ether oxygens (including phenoxy) is 1. The van der Waals surface area contributed by atoms with Crippen LogP contribution < -0.4 is 4.74 Å². The summed E-state index contributed by atoms with van der Waals surface area (Å²) in [5.74, 6) is 0.542. The molecule has 2 aromatic carbocycles. The van der Waals surface area contributed by atoms with Crippen molar-refractivity contribution < 1.29 is 18.7 Å². The summed E-state index contributed by atoms with van der Waals surface area (Å²) in [6.07, 6.45) is 1.21. The van der Waals surface area contributed by atoms with Gasteiger partial charge in [-0.2, -0.15) is 0 Å². The molecule has 3 rings (SSSR count). The van der Waals surface area contributed by atoms with Crippen LogP contribution in [0.2, 0.25) is 0 Å². The van der Waals surface area contributed by atoms with Crippen molar-refractivity contribution in [3.63, 3.8) is 0 Å². The molecule has 1 atom stereocenters. The Morgan fingerprint density at radius 1 is 1.03 bits per heavy atom. The minimum atomic E-state index is -0.262. The molecule has 154 valence electrons. The van der Waals surface area contributed by atoms with Gasteiger partial charge in [0.15, 0.2) is 5.78 Å². The van der Waals surface area contributed by atoms with Crippen LogP contribution in [0.4, 0.5) is 4.39 Å². The molecular weight excluding hydrogens is 371 g/mol. The third-order valence-corrected chi connectivity index (χ3v) is 5.46. The van der Waals surface area contributed by atoms with Gasteiger partial charge in [-0.3, -0.25) is 14.5 Å². The number of benzene rings is 2. The van der Waals surface area contributed by atoms with Crippen molar-refractivity contribution in [2.24, 2.45) is 0 Å². The maximum atomic E-state index is 13.2. The lowest BCUT2D eigenvalue weighted by Crippen LogP contribution is -2.48. The van der Waals surface area contributed by atoms with E-state index in [4.69, 9.17) is 4.74 Å². The molecule has 1 aliphatic rings. The summed E-state index contributed by atoms with van der Waals surface area (Å²) in [4.78, 5) is 29.0. The van der Waals surface area contributed by atoms with E-state index in [9.17, 15) is 14.0 Å². The summed E-state index contributed by atoms with van der Waals surface area (Å²) in [6.45, 7) is 2.01. The van der Waals surface area contributed by atoms with Gasteiger partial charge in [0.2, 0.25) is 5.91 Å². The summed E-state index contributed by atoms with van der Waals surface area (Å²) in [7, 11) is 3.60. The first-order valence-electron chi connectivity index (χ1n) is 9.88. The second kappa shape index (κ2) is 9.65. The number of rotatable bonds is 7. The zero-order valence-electron chi connectivity index (χ0n) is 16.9. The standard InChI is InChI=1S/C23H27FN2O3/c1-25-14-15-26(16-21(25)17-6-10-19(24)11-7-17)23(28)5-3-4-22(27)18-8-12-20(29-2)13-9-18/h6-13,21H,3-5,14-16H2,1-2H3. The second-order valence-electron chi connectivity index (χ2n) is 7.39. The largest absolute Gasteiger partial charge is 0.497 e. The van der Waals surface area contributed by atoms with Crippen LogP contribution in [0.3, 0.4) is 0 Å². The summed E-state index contributed by atoms with van der Waals surface area (Å²) in [6, 6.07) is 13.5. The monoisotopic (exact) mass is 398 g/mol. The fraction of sp³-hybridized carbons (Fsp3) is 0.391. The van der Waals surface area contributed by atoms with Gasteiger partial charge >= 0.3 is 0 Å². The molecular formula is C23H27FN2O3. The minimum absolute atomic E-state index is 0.0306. The van der Waals surface area contributed by atoms with Gasteiger partial charge in [-0.25, -0.2) is 4.39 Å². The van der Waals surface area contributed by atoms with Crippen molar-refractivity contribution in [2.45, 2.75) is 25.3 Å². The highest BCUT2D eigenvalue weighted by molar-refractivity contribution is 5.96. The van der Waals surface area contributed by atoms with Crippen LogP contribution in [0.1, 0.15) is 41.2 Å². The number of halogens is 1. The van der Waals surface area contributed by atoms with Gasteiger partial charge in [-0.15, -0.1) is 0 Å². The number of nitrogens with zero attached hydrogens (tertiary/aromatic N) is 2. The van der Waals surface area contributed by atoms with E-state index in [1.807, 2.05) is 11.9 Å². The van der Waals surface area contributed by atoms with E-state index in [2.05, 4.69) is 4.90 Å². The average Bonchev–Trinajstić information content (AvgIpc) is 2.74. The molecule has 6 heteroatoms. The fourth-order valence-electron chi connectivity index (χ4n) is 3.62. The fourth-order valence-corrected chi connectivity index (χ4v) is 3.62. The molecule has 5 nitrogen and oxygen atoms in total. The van der Waals surface area contributed by atoms with E-state index < -0.39 is 0 Å². The molecule has 0 saturated carbocycles. The summed E-state index contributed by atoms with van der Waals surface area (Å²) in [5, 5.41) is 0. The first-order valence-corrected chi connectivity index (χ1v) is 9.88. The highest BCUT2D eigenvalue weighted by Gasteiger charge is 2.28. The van der Waals surface area contributed by atoms with E-state index in [-0.39, 0.29) is 23.5 Å². The normalized spacial score (nSPS) is 17.2.